The molecule has 1 heterocycles. The second kappa shape index (κ2) is 6.57. The standard InChI is InChI=1S/C17H27FN2/c1-12(2)10-19-11-13(3)14(4)20-8-7-15-5-6-16(18)9-17(15)20/h5-6,9,12-14,19H,7-8,10-11H2,1-4H3. The van der Waals surface area contributed by atoms with Crippen molar-refractivity contribution in [2.75, 3.05) is 24.5 Å². The molecule has 2 atom stereocenters. The molecule has 1 aromatic carbocycles. The van der Waals surface area contributed by atoms with Crippen molar-refractivity contribution < 1.29 is 4.39 Å². The lowest BCUT2D eigenvalue weighted by molar-refractivity contribution is 0.411. The lowest BCUT2D eigenvalue weighted by Crippen LogP contribution is -2.41. The maximum Gasteiger partial charge on any atom is 0.125 e. The molecule has 112 valence electrons. The van der Waals surface area contributed by atoms with Gasteiger partial charge in [-0.15, -0.1) is 0 Å². The van der Waals surface area contributed by atoms with E-state index in [9.17, 15) is 4.39 Å². The Morgan fingerprint density at radius 2 is 1.95 bits per heavy atom. The summed E-state index contributed by atoms with van der Waals surface area (Å²) in [5, 5.41) is 3.52. The van der Waals surface area contributed by atoms with Crippen LogP contribution in [0.25, 0.3) is 0 Å². The highest BCUT2D eigenvalue weighted by molar-refractivity contribution is 5.58. The number of anilines is 1. The number of benzene rings is 1. The molecule has 20 heavy (non-hydrogen) atoms. The zero-order valence-electron chi connectivity index (χ0n) is 13.1. The Bertz CT molecular complexity index is 445. The van der Waals surface area contributed by atoms with Gasteiger partial charge in [0.25, 0.3) is 0 Å². The van der Waals surface area contributed by atoms with E-state index in [2.05, 4.69) is 37.9 Å². The van der Waals surface area contributed by atoms with Gasteiger partial charge in [-0.3, -0.25) is 0 Å². The molecular weight excluding hydrogens is 251 g/mol. The third kappa shape index (κ3) is 3.51. The summed E-state index contributed by atoms with van der Waals surface area (Å²) in [6.07, 6.45) is 1.03. The maximum absolute atomic E-state index is 13.5. The molecule has 2 unspecified atom stereocenters. The number of nitrogens with one attached hydrogen (secondary N) is 1. The summed E-state index contributed by atoms with van der Waals surface area (Å²) >= 11 is 0. The Kier molecular flexibility index (Phi) is 5.03. The molecule has 2 rings (SSSR count). The second-order valence-corrected chi connectivity index (χ2v) is 6.49. The number of hydrogen-bond acceptors (Lipinski definition) is 2. The summed E-state index contributed by atoms with van der Waals surface area (Å²) in [7, 11) is 0. The van der Waals surface area contributed by atoms with Gasteiger partial charge in [-0.05, 0) is 56.0 Å². The quantitative estimate of drug-likeness (QED) is 0.857. The van der Waals surface area contributed by atoms with Crippen molar-refractivity contribution in [3.05, 3.63) is 29.6 Å². The maximum atomic E-state index is 13.5. The van der Waals surface area contributed by atoms with Crippen LogP contribution in [0, 0.1) is 17.7 Å². The summed E-state index contributed by atoms with van der Waals surface area (Å²) in [4.78, 5) is 2.36. The molecule has 1 N–H and O–H groups in total. The van der Waals surface area contributed by atoms with Gasteiger partial charge in [-0.2, -0.15) is 0 Å². The van der Waals surface area contributed by atoms with Crippen molar-refractivity contribution >= 4 is 5.69 Å². The van der Waals surface area contributed by atoms with E-state index >= 15 is 0 Å². The highest BCUT2D eigenvalue weighted by atomic mass is 19.1. The molecule has 0 aliphatic carbocycles. The number of hydrogen-bond donors (Lipinski definition) is 1. The highest BCUT2D eigenvalue weighted by Crippen LogP contribution is 2.31. The van der Waals surface area contributed by atoms with Gasteiger partial charge in [-0.1, -0.05) is 26.8 Å². The van der Waals surface area contributed by atoms with E-state index in [0.29, 0.717) is 17.9 Å². The van der Waals surface area contributed by atoms with E-state index < -0.39 is 0 Å². The van der Waals surface area contributed by atoms with Crippen molar-refractivity contribution in [1.82, 2.24) is 5.32 Å². The van der Waals surface area contributed by atoms with E-state index in [-0.39, 0.29) is 5.82 Å². The van der Waals surface area contributed by atoms with Crippen LogP contribution in [-0.2, 0) is 6.42 Å². The predicted octanol–water partition coefficient (Wildman–Crippen LogP) is 3.46. The monoisotopic (exact) mass is 278 g/mol. The van der Waals surface area contributed by atoms with Crippen LogP contribution in [0.3, 0.4) is 0 Å². The zero-order valence-corrected chi connectivity index (χ0v) is 13.1. The van der Waals surface area contributed by atoms with Crippen LogP contribution in [-0.4, -0.2) is 25.7 Å². The molecule has 0 spiro atoms. The normalized spacial score (nSPS) is 17.4. The van der Waals surface area contributed by atoms with Crippen LogP contribution in [0.5, 0.6) is 0 Å². The van der Waals surface area contributed by atoms with Gasteiger partial charge in [0.1, 0.15) is 5.82 Å². The number of fused-ring (bicyclic) bond motifs is 1. The largest absolute Gasteiger partial charge is 0.368 e. The number of nitrogens with zero attached hydrogens (tertiary/aromatic N) is 1. The molecule has 0 amide bonds. The van der Waals surface area contributed by atoms with Crippen LogP contribution in [0.4, 0.5) is 10.1 Å². The Morgan fingerprint density at radius 1 is 1.20 bits per heavy atom. The summed E-state index contributed by atoms with van der Waals surface area (Å²) in [6, 6.07) is 5.62. The summed E-state index contributed by atoms with van der Waals surface area (Å²) in [6.45, 7) is 12.1. The molecule has 0 aromatic heterocycles. The molecule has 2 nitrogen and oxygen atoms in total. The minimum Gasteiger partial charge on any atom is -0.368 e. The number of halogens is 1. The average Bonchev–Trinajstić information content (AvgIpc) is 2.80. The molecule has 3 heteroatoms. The molecular formula is C17H27FN2. The number of rotatable bonds is 6. The molecule has 1 aliphatic heterocycles. The van der Waals surface area contributed by atoms with Crippen LogP contribution < -0.4 is 10.2 Å². The molecule has 1 aromatic rings. The van der Waals surface area contributed by atoms with Gasteiger partial charge in [0.05, 0.1) is 0 Å². The highest BCUT2D eigenvalue weighted by Gasteiger charge is 2.26. The van der Waals surface area contributed by atoms with Crippen molar-refractivity contribution in [1.29, 1.82) is 0 Å². The van der Waals surface area contributed by atoms with Crippen molar-refractivity contribution in [2.24, 2.45) is 11.8 Å². The third-order valence-corrected chi connectivity index (χ3v) is 4.31. The van der Waals surface area contributed by atoms with Crippen molar-refractivity contribution in [2.45, 2.75) is 40.2 Å². The first kappa shape index (κ1) is 15.3. The molecule has 0 bridgehead atoms. The minimum absolute atomic E-state index is 0.131. The first-order valence-electron chi connectivity index (χ1n) is 7.74. The SMILES string of the molecule is CC(C)CNCC(C)C(C)N1CCc2ccc(F)cc21. The Labute approximate surface area is 122 Å². The average molecular weight is 278 g/mol. The Balaban J connectivity index is 1.97. The topological polar surface area (TPSA) is 15.3 Å². The van der Waals surface area contributed by atoms with Gasteiger partial charge >= 0.3 is 0 Å². The lowest BCUT2D eigenvalue weighted by Gasteiger charge is -2.32. The molecule has 0 saturated carbocycles. The smallest absolute Gasteiger partial charge is 0.125 e. The van der Waals surface area contributed by atoms with Crippen LogP contribution in [0.2, 0.25) is 0 Å². The molecule has 0 saturated heterocycles. The van der Waals surface area contributed by atoms with Crippen LogP contribution in [0.1, 0.15) is 33.3 Å². The van der Waals surface area contributed by atoms with Gasteiger partial charge in [0.2, 0.25) is 0 Å². The summed E-state index contributed by atoms with van der Waals surface area (Å²) in [5.41, 5.74) is 2.37. The van der Waals surface area contributed by atoms with Crippen LogP contribution in [0.15, 0.2) is 18.2 Å². The van der Waals surface area contributed by atoms with Crippen LogP contribution >= 0.6 is 0 Å². The van der Waals surface area contributed by atoms with E-state index in [1.54, 1.807) is 12.1 Å². The van der Waals surface area contributed by atoms with Gasteiger partial charge in [0.15, 0.2) is 0 Å². The van der Waals surface area contributed by atoms with E-state index in [0.717, 1.165) is 31.7 Å². The molecule has 1 aliphatic rings. The van der Waals surface area contributed by atoms with E-state index in [1.165, 1.54) is 5.56 Å². The summed E-state index contributed by atoms with van der Waals surface area (Å²) < 4.78 is 13.5. The second-order valence-electron chi connectivity index (χ2n) is 6.49. The fourth-order valence-corrected chi connectivity index (χ4v) is 2.88. The van der Waals surface area contributed by atoms with E-state index in [1.807, 2.05) is 6.07 Å². The summed E-state index contributed by atoms with van der Waals surface area (Å²) in [5.74, 6) is 1.09. The first-order valence-corrected chi connectivity index (χ1v) is 7.74. The van der Waals surface area contributed by atoms with Crippen molar-refractivity contribution in [3.8, 4) is 0 Å². The van der Waals surface area contributed by atoms with Crippen molar-refractivity contribution in [3.63, 3.8) is 0 Å². The fraction of sp³-hybridized carbons (Fsp3) is 0.647. The zero-order chi connectivity index (χ0) is 14.7. The third-order valence-electron chi connectivity index (χ3n) is 4.31. The molecule has 0 fully saturated rings. The predicted molar refractivity (Wildman–Crippen MR) is 83.8 cm³/mol. The van der Waals surface area contributed by atoms with Gasteiger partial charge in [0, 0.05) is 18.3 Å². The fourth-order valence-electron chi connectivity index (χ4n) is 2.88. The first-order chi connectivity index (χ1) is 9.49. The Morgan fingerprint density at radius 3 is 2.65 bits per heavy atom. The van der Waals surface area contributed by atoms with Gasteiger partial charge < -0.3 is 10.2 Å². The van der Waals surface area contributed by atoms with Gasteiger partial charge in [-0.25, -0.2) is 4.39 Å². The molecule has 0 radical (unpaired) electrons. The lowest BCUT2D eigenvalue weighted by atomic mass is 10.0. The minimum atomic E-state index is -0.131. The van der Waals surface area contributed by atoms with E-state index in [4.69, 9.17) is 0 Å². The Hall–Kier alpha value is -1.09.